The molecule has 0 N–H and O–H groups in total. The molecule has 0 fully saturated rings. The zero-order valence-corrected chi connectivity index (χ0v) is 9.91. The van der Waals surface area contributed by atoms with Crippen molar-refractivity contribution >= 4 is 9.84 Å². The summed E-state index contributed by atoms with van der Waals surface area (Å²) in [6, 6.07) is 0. The van der Waals surface area contributed by atoms with Gasteiger partial charge in [0.1, 0.15) is 6.10 Å². The standard InChI is InChI=1S/C12H14O3S/c1-16(13,14)12-9-5-8-11(15-12)10-6-3-2-4-7-10/h3,5-9,11H,2,4H2,1H3. The van der Waals surface area contributed by atoms with E-state index in [9.17, 15) is 8.42 Å². The van der Waals surface area contributed by atoms with Crippen molar-refractivity contribution in [2.24, 2.45) is 0 Å². The first-order valence-electron chi connectivity index (χ1n) is 5.19. The Balaban J connectivity index is 2.18. The van der Waals surface area contributed by atoms with Gasteiger partial charge in [-0.3, -0.25) is 0 Å². The van der Waals surface area contributed by atoms with Crippen molar-refractivity contribution in [1.29, 1.82) is 0 Å². The van der Waals surface area contributed by atoms with Gasteiger partial charge in [-0.15, -0.1) is 0 Å². The quantitative estimate of drug-likeness (QED) is 0.740. The van der Waals surface area contributed by atoms with Gasteiger partial charge >= 0.3 is 0 Å². The molecule has 1 atom stereocenters. The highest BCUT2D eigenvalue weighted by molar-refractivity contribution is 7.94. The molecule has 0 spiro atoms. The van der Waals surface area contributed by atoms with E-state index < -0.39 is 9.84 Å². The minimum absolute atomic E-state index is 0.0415. The maximum atomic E-state index is 11.3. The number of hydrogen-bond donors (Lipinski definition) is 0. The van der Waals surface area contributed by atoms with E-state index in [1.165, 1.54) is 6.08 Å². The summed E-state index contributed by atoms with van der Waals surface area (Å²) in [5.74, 6) is 0. The zero-order valence-electron chi connectivity index (χ0n) is 9.09. The van der Waals surface area contributed by atoms with Crippen LogP contribution in [0.25, 0.3) is 0 Å². The third-order valence-electron chi connectivity index (χ3n) is 2.48. The predicted molar refractivity (Wildman–Crippen MR) is 63.4 cm³/mol. The summed E-state index contributed by atoms with van der Waals surface area (Å²) in [6.07, 6.45) is 14.1. The third-order valence-corrected chi connectivity index (χ3v) is 3.44. The Morgan fingerprint density at radius 1 is 1.38 bits per heavy atom. The monoisotopic (exact) mass is 238 g/mol. The van der Waals surface area contributed by atoms with Crippen molar-refractivity contribution in [3.63, 3.8) is 0 Å². The summed E-state index contributed by atoms with van der Waals surface area (Å²) in [5, 5.41) is 0.0415. The topological polar surface area (TPSA) is 43.4 Å². The van der Waals surface area contributed by atoms with Gasteiger partial charge in [-0.1, -0.05) is 24.3 Å². The van der Waals surface area contributed by atoms with Gasteiger partial charge in [0, 0.05) is 6.26 Å². The number of hydrogen-bond acceptors (Lipinski definition) is 3. The summed E-state index contributed by atoms with van der Waals surface area (Å²) in [4.78, 5) is 0. The lowest BCUT2D eigenvalue weighted by Crippen LogP contribution is -2.19. The Hall–Kier alpha value is -1.29. The molecule has 1 unspecified atom stereocenters. The molecule has 0 aromatic carbocycles. The molecule has 0 saturated heterocycles. The molecule has 2 rings (SSSR count). The molecule has 0 bridgehead atoms. The maximum absolute atomic E-state index is 11.3. The summed E-state index contributed by atoms with van der Waals surface area (Å²) in [7, 11) is -3.26. The Labute approximate surface area is 95.7 Å². The number of allylic oxidation sites excluding steroid dienone is 4. The average molecular weight is 238 g/mol. The first kappa shape index (κ1) is 11.2. The van der Waals surface area contributed by atoms with Crippen molar-refractivity contribution in [1.82, 2.24) is 0 Å². The highest BCUT2D eigenvalue weighted by atomic mass is 32.2. The molecule has 4 heteroatoms. The molecular formula is C12H14O3S. The van der Waals surface area contributed by atoms with Crippen LogP contribution in [0.15, 0.2) is 47.1 Å². The molecular weight excluding hydrogens is 224 g/mol. The van der Waals surface area contributed by atoms with Crippen molar-refractivity contribution in [3.05, 3.63) is 47.1 Å². The van der Waals surface area contributed by atoms with Crippen LogP contribution < -0.4 is 0 Å². The fourth-order valence-electron chi connectivity index (χ4n) is 1.67. The summed E-state index contributed by atoms with van der Waals surface area (Å²) in [5.41, 5.74) is 1.02. The van der Waals surface area contributed by atoms with Crippen LogP contribution in [0.5, 0.6) is 0 Å². The van der Waals surface area contributed by atoms with E-state index >= 15 is 0 Å². The summed E-state index contributed by atoms with van der Waals surface area (Å²) < 4.78 is 28.2. The van der Waals surface area contributed by atoms with E-state index in [4.69, 9.17) is 4.74 Å². The van der Waals surface area contributed by atoms with Crippen LogP contribution in [0.1, 0.15) is 12.8 Å². The fourth-order valence-corrected chi connectivity index (χ4v) is 2.28. The normalized spacial score (nSPS) is 24.7. The second-order valence-corrected chi connectivity index (χ2v) is 5.81. The molecule has 1 aliphatic heterocycles. The molecule has 0 amide bonds. The van der Waals surface area contributed by atoms with Gasteiger partial charge in [0.05, 0.1) is 0 Å². The van der Waals surface area contributed by atoms with Crippen LogP contribution in [-0.2, 0) is 14.6 Å². The summed E-state index contributed by atoms with van der Waals surface area (Å²) in [6.45, 7) is 0. The SMILES string of the molecule is CS(=O)(=O)C1=CC=CC(C2=CCCC=C2)O1. The molecule has 86 valence electrons. The van der Waals surface area contributed by atoms with Crippen LogP contribution in [0, 0.1) is 0 Å². The largest absolute Gasteiger partial charge is 0.471 e. The minimum atomic E-state index is -3.26. The fraction of sp³-hybridized carbons (Fsp3) is 0.333. The van der Waals surface area contributed by atoms with Crippen molar-refractivity contribution < 1.29 is 13.2 Å². The molecule has 0 aromatic rings. The van der Waals surface area contributed by atoms with Crippen molar-refractivity contribution in [3.8, 4) is 0 Å². The second kappa shape index (κ2) is 4.29. The third kappa shape index (κ3) is 2.44. The summed E-state index contributed by atoms with van der Waals surface area (Å²) >= 11 is 0. The zero-order chi connectivity index (χ0) is 11.6. The molecule has 3 nitrogen and oxygen atoms in total. The first-order chi connectivity index (χ1) is 7.57. The van der Waals surface area contributed by atoms with Crippen LogP contribution in [0.4, 0.5) is 0 Å². The highest BCUT2D eigenvalue weighted by Crippen LogP contribution is 2.23. The van der Waals surface area contributed by atoms with Crippen LogP contribution in [-0.4, -0.2) is 20.8 Å². The number of sulfone groups is 1. The molecule has 16 heavy (non-hydrogen) atoms. The lowest BCUT2D eigenvalue weighted by molar-refractivity contribution is 0.201. The smallest absolute Gasteiger partial charge is 0.212 e. The molecule has 2 aliphatic rings. The van der Waals surface area contributed by atoms with Gasteiger partial charge in [0.15, 0.2) is 0 Å². The maximum Gasteiger partial charge on any atom is 0.212 e. The highest BCUT2D eigenvalue weighted by Gasteiger charge is 2.21. The first-order valence-corrected chi connectivity index (χ1v) is 7.08. The molecule has 0 saturated carbocycles. The minimum Gasteiger partial charge on any atom is -0.471 e. The Morgan fingerprint density at radius 3 is 2.81 bits per heavy atom. The van der Waals surface area contributed by atoms with Gasteiger partial charge in [0.2, 0.25) is 14.9 Å². The lowest BCUT2D eigenvalue weighted by atomic mass is 10.0. The molecule has 1 aliphatic carbocycles. The van der Waals surface area contributed by atoms with Crippen LogP contribution in [0.3, 0.4) is 0 Å². The molecule has 0 radical (unpaired) electrons. The van der Waals surface area contributed by atoms with E-state index in [0.29, 0.717) is 0 Å². The van der Waals surface area contributed by atoms with Gasteiger partial charge in [0.25, 0.3) is 0 Å². The van der Waals surface area contributed by atoms with Crippen LogP contribution in [0.2, 0.25) is 0 Å². The molecule has 0 aromatic heterocycles. The van der Waals surface area contributed by atoms with Gasteiger partial charge in [-0.2, -0.15) is 0 Å². The van der Waals surface area contributed by atoms with Gasteiger partial charge in [-0.05, 0) is 30.6 Å². The second-order valence-electron chi connectivity index (χ2n) is 3.87. The van der Waals surface area contributed by atoms with E-state index in [1.807, 2.05) is 12.2 Å². The van der Waals surface area contributed by atoms with Crippen molar-refractivity contribution in [2.45, 2.75) is 18.9 Å². The van der Waals surface area contributed by atoms with E-state index in [1.54, 1.807) is 6.08 Å². The number of ether oxygens (including phenoxy) is 1. The van der Waals surface area contributed by atoms with E-state index in [-0.39, 0.29) is 11.2 Å². The van der Waals surface area contributed by atoms with Gasteiger partial charge < -0.3 is 4.74 Å². The van der Waals surface area contributed by atoms with E-state index in [2.05, 4.69) is 12.2 Å². The van der Waals surface area contributed by atoms with Gasteiger partial charge in [-0.25, -0.2) is 8.42 Å². The Morgan fingerprint density at radius 2 is 2.19 bits per heavy atom. The Bertz CT molecular complexity index is 492. The van der Waals surface area contributed by atoms with E-state index in [0.717, 1.165) is 24.7 Å². The average Bonchev–Trinajstić information content (AvgIpc) is 2.29. The predicted octanol–water partition coefficient (Wildman–Crippen LogP) is 2.10. The Kier molecular flexibility index (Phi) is 3.01. The lowest BCUT2D eigenvalue weighted by Gasteiger charge is -2.22. The van der Waals surface area contributed by atoms with Crippen LogP contribution >= 0.6 is 0 Å². The molecule has 1 heterocycles. The number of rotatable bonds is 2. The van der Waals surface area contributed by atoms with Crippen molar-refractivity contribution in [2.75, 3.05) is 6.26 Å².